The molecule has 2 aliphatic heterocycles. The number of morpholine rings is 1. The van der Waals surface area contributed by atoms with E-state index in [2.05, 4.69) is 15.5 Å². The first-order valence-electron chi connectivity index (χ1n) is 7.00. The normalized spacial score (nSPS) is 19.0. The molecule has 0 unspecified atom stereocenters. The van der Waals surface area contributed by atoms with Crippen molar-refractivity contribution in [2.24, 2.45) is 0 Å². The lowest BCUT2D eigenvalue weighted by molar-refractivity contribution is 0.123. The topological polar surface area (TPSA) is 53.6 Å². The second-order valence-corrected chi connectivity index (χ2v) is 6.61. The van der Waals surface area contributed by atoms with E-state index in [1.165, 1.54) is 0 Å². The molecule has 0 spiro atoms. The molecular weight excluding hydrogens is 310 g/mol. The number of carbonyl (C=O) groups is 1. The zero-order valence-electron chi connectivity index (χ0n) is 11.6. The summed E-state index contributed by atoms with van der Waals surface area (Å²) in [7, 11) is 0. The minimum atomic E-state index is -0.169. The van der Waals surface area contributed by atoms with Gasteiger partial charge in [0.05, 0.1) is 24.6 Å². The summed E-state index contributed by atoms with van der Waals surface area (Å²) in [4.78, 5) is 14.2. The number of nitrogens with one attached hydrogen (secondary N) is 2. The van der Waals surface area contributed by atoms with Gasteiger partial charge in [0.25, 0.3) is 0 Å². The lowest BCUT2D eigenvalue weighted by Gasteiger charge is -2.31. The van der Waals surface area contributed by atoms with Crippen molar-refractivity contribution in [3.8, 4) is 0 Å². The fourth-order valence-electron chi connectivity index (χ4n) is 2.35. The summed E-state index contributed by atoms with van der Waals surface area (Å²) in [6, 6.07) is 5.69. The van der Waals surface area contributed by atoms with Crippen LogP contribution in [0.3, 0.4) is 0 Å². The van der Waals surface area contributed by atoms with Gasteiger partial charge in [-0.2, -0.15) is 11.8 Å². The summed E-state index contributed by atoms with van der Waals surface area (Å²) in [5.41, 5.74) is 1.73. The summed E-state index contributed by atoms with van der Waals surface area (Å²) in [5.74, 6) is 1.97. The van der Waals surface area contributed by atoms with Crippen LogP contribution in [0, 0.1) is 0 Å². The fraction of sp³-hybridized carbons (Fsp3) is 0.500. The van der Waals surface area contributed by atoms with Crippen LogP contribution in [0.25, 0.3) is 0 Å². The molecule has 2 fully saturated rings. The molecule has 1 aromatic carbocycles. The number of halogens is 1. The molecule has 2 aliphatic rings. The molecule has 21 heavy (non-hydrogen) atoms. The number of carbonyl (C=O) groups excluding carboxylic acids is 1. The average molecular weight is 328 g/mol. The minimum absolute atomic E-state index is 0.169. The number of amides is 2. The third-order valence-corrected chi connectivity index (χ3v) is 5.04. The van der Waals surface area contributed by atoms with Gasteiger partial charge in [0.2, 0.25) is 0 Å². The highest BCUT2D eigenvalue weighted by molar-refractivity contribution is 8.00. The van der Waals surface area contributed by atoms with Crippen LogP contribution < -0.4 is 15.5 Å². The number of rotatable bonds is 3. The molecule has 0 saturated carbocycles. The molecule has 2 N–H and O–H groups in total. The number of thioether (sulfide) groups is 1. The third kappa shape index (κ3) is 3.75. The van der Waals surface area contributed by atoms with Gasteiger partial charge in [0.15, 0.2) is 0 Å². The number of ether oxygens (including phenoxy) is 1. The van der Waals surface area contributed by atoms with Crippen LogP contribution in [-0.4, -0.2) is 49.9 Å². The molecule has 0 aliphatic carbocycles. The SMILES string of the molecule is O=C(Nc1cc(Cl)ccc1N1CCOCC1)NC1CSC1. The highest BCUT2D eigenvalue weighted by Gasteiger charge is 2.21. The first-order chi connectivity index (χ1) is 10.2. The van der Waals surface area contributed by atoms with E-state index < -0.39 is 0 Å². The first-order valence-corrected chi connectivity index (χ1v) is 8.53. The molecule has 3 rings (SSSR count). The predicted octanol–water partition coefficient (Wildman–Crippen LogP) is 2.41. The van der Waals surface area contributed by atoms with Gasteiger partial charge in [-0.05, 0) is 18.2 Å². The van der Waals surface area contributed by atoms with E-state index in [1.807, 2.05) is 23.9 Å². The molecule has 2 amide bonds. The largest absolute Gasteiger partial charge is 0.378 e. The van der Waals surface area contributed by atoms with Crippen molar-refractivity contribution >= 4 is 40.8 Å². The molecule has 114 valence electrons. The standard InChI is InChI=1S/C14H18ClN3O2S/c15-10-1-2-13(18-3-5-20-6-4-18)12(7-10)17-14(19)16-11-8-21-9-11/h1-2,7,11H,3-6,8-9H2,(H2,16,17,19). The van der Waals surface area contributed by atoms with Crippen LogP contribution in [0.5, 0.6) is 0 Å². The molecule has 1 aromatic rings. The number of urea groups is 1. The van der Waals surface area contributed by atoms with Crippen molar-refractivity contribution in [1.82, 2.24) is 5.32 Å². The fourth-order valence-corrected chi connectivity index (χ4v) is 3.16. The van der Waals surface area contributed by atoms with Crippen molar-refractivity contribution in [1.29, 1.82) is 0 Å². The Kier molecular flexibility index (Phi) is 4.77. The van der Waals surface area contributed by atoms with E-state index in [0.29, 0.717) is 18.2 Å². The third-order valence-electron chi connectivity index (χ3n) is 3.53. The Morgan fingerprint density at radius 1 is 1.33 bits per heavy atom. The zero-order valence-corrected chi connectivity index (χ0v) is 13.2. The maximum absolute atomic E-state index is 12.0. The van der Waals surface area contributed by atoms with Gasteiger partial charge >= 0.3 is 6.03 Å². The van der Waals surface area contributed by atoms with Crippen molar-refractivity contribution in [3.05, 3.63) is 23.2 Å². The Morgan fingerprint density at radius 3 is 2.76 bits per heavy atom. The lowest BCUT2D eigenvalue weighted by atomic mass is 10.2. The summed E-state index contributed by atoms with van der Waals surface area (Å²) >= 11 is 7.90. The van der Waals surface area contributed by atoms with Crippen molar-refractivity contribution in [3.63, 3.8) is 0 Å². The van der Waals surface area contributed by atoms with E-state index in [4.69, 9.17) is 16.3 Å². The average Bonchev–Trinajstić information content (AvgIpc) is 2.44. The van der Waals surface area contributed by atoms with E-state index in [0.717, 1.165) is 36.0 Å². The molecule has 0 atom stereocenters. The van der Waals surface area contributed by atoms with Gasteiger partial charge in [-0.15, -0.1) is 0 Å². The quantitative estimate of drug-likeness (QED) is 0.895. The first kappa shape index (κ1) is 14.8. The molecule has 7 heteroatoms. The molecule has 2 saturated heterocycles. The smallest absolute Gasteiger partial charge is 0.319 e. The van der Waals surface area contributed by atoms with Gasteiger partial charge in [-0.3, -0.25) is 0 Å². The predicted molar refractivity (Wildman–Crippen MR) is 87.8 cm³/mol. The van der Waals surface area contributed by atoms with Crippen molar-refractivity contribution in [2.75, 3.05) is 48.0 Å². The highest BCUT2D eigenvalue weighted by atomic mass is 35.5. The van der Waals surface area contributed by atoms with Crippen LogP contribution in [0.4, 0.5) is 16.2 Å². The molecule has 5 nitrogen and oxygen atoms in total. The van der Waals surface area contributed by atoms with E-state index in [-0.39, 0.29) is 12.1 Å². The molecule has 2 heterocycles. The zero-order chi connectivity index (χ0) is 14.7. The van der Waals surface area contributed by atoms with Gasteiger partial charge in [-0.1, -0.05) is 11.6 Å². The van der Waals surface area contributed by atoms with Crippen LogP contribution >= 0.6 is 23.4 Å². The Morgan fingerprint density at radius 2 is 2.10 bits per heavy atom. The second-order valence-electron chi connectivity index (χ2n) is 5.09. The Balaban J connectivity index is 1.72. The van der Waals surface area contributed by atoms with E-state index in [1.54, 1.807) is 6.07 Å². The van der Waals surface area contributed by atoms with Crippen LogP contribution in [0.15, 0.2) is 18.2 Å². The Labute approximate surface area is 133 Å². The monoisotopic (exact) mass is 327 g/mol. The maximum atomic E-state index is 12.0. The number of anilines is 2. The molecule has 0 radical (unpaired) electrons. The highest BCUT2D eigenvalue weighted by Crippen LogP contribution is 2.30. The van der Waals surface area contributed by atoms with Gasteiger partial charge in [0.1, 0.15) is 0 Å². The van der Waals surface area contributed by atoms with Gasteiger partial charge < -0.3 is 20.3 Å². The Hall–Kier alpha value is -1.11. The van der Waals surface area contributed by atoms with Gasteiger partial charge in [-0.25, -0.2) is 4.79 Å². The number of hydrogen-bond donors (Lipinski definition) is 2. The van der Waals surface area contributed by atoms with Crippen LogP contribution in [-0.2, 0) is 4.74 Å². The number of hydrogen-bond acceptors (Lipinski definition) is 4. The number of benzene rings is 1. The van der Waals surface area contributed by atoms with E-state index >= 15 is 0 Å². The van der Waals surface area contributed by atoms with Crippen LogP contribution in [0.1, 0.15) is 0 Å². The summed E-state index contributed by atoms with van der Waals surface area (Å²) < 4.78 is 5.37. The number of nitrogens with zero attached hydrogens (tertiary/aromatic N) is 1. The van der Waals surface area contributed by atoms with Crippen molar-refractivity contribution < 1.29 is 9.53 Å². The maximum Gasteiger partial charge on any atom is 0.319 e. The molecular formula is C14H18ClN3O2S. The summed E-state index contributed by atoms with van der Waals surface area (Å²) in [6.07, 6.45) is 0. The second kappa shape index (κ2) is 6.77. The van der Waals surface area contributed by atoms with Crippen molar-refractivity contribution in [2.45, 2.75) is 6.04 Å². The molecule has 0 aromatic heterocycles. The lowest BCUT2D eigenvalue weighted by Crippen LogP contribution is -2.46. The van der Waals surface area contributed by atoms with Gasteiger partial charge in [0, 0.05) is 35.7 Å². The van der Waals surface area contributed by atoms with E-state index in [9.17, 15) is 4.79 Å². The van der Waals surface area contributed by atoms with Crippen LogP contribution in [0.2, 0.25) is 5.02 Å². The summed E-state index contributed by atoms with van der Waals surface area (Å²) in [6.45, 7) is 3.04. The minimum Gasteiger partial charge on any atom is -0.378 e. The summed E-state index contributed by atoms with van der Waals surface area (Å²) in [5, 5.41) is 6.49. The Bertz CT molecular complexity index is 519. The molecule has 0 bridgehead atoms.